The van der Waals surface area contributed by atoms with Gasteiger partial charge >= 0.3 is 0 Å². The summed E-state index contributed by atoms with van der Waals surface area (Å²) in [5.41, 5.74) is 9.85. The summed E-state index contributed by atoms with van der Waals surface area (Å²) in [6.07, 6.45) is 8.95. The van der Waals surface area contributed by atoms with Crippen molar-refractivity contribution in [1.82, 2.24) is 0 Å². The number of rotatable bonds is 0. The molecule has 0 aromatic heterocycles. The standard InChI is InChI=1S/C15H17N/c1-15(2)13-6-4-3-5-11(13)12-9-10(16)7-8-14(12)15/h3-9,11,13H,16H2,1-2H3. The highest BCUT2D eigenvalue weighted by Gasteiger charge is 2.44. The summed E-state index contributed by atoms with van der Waals surface area (Å²) in [7, 11) is 0. The molecule has 0 radical (unpaired) electrons. The molecule has 1 aromatic rings. The maximum atomic E-state index is 5.90. The van der Waals surface area contributed by atoms with E-state index in [1.807, 2.05) is 6.07 Å². The lowest BCUT2D eigenvalue weighted by Gasteiger charge is -2.29. The number of anilines is 1. The average molecular weight is 211 g/mol. The van der Waals surface area contributed by atoms with Crippen LogP contribution >= 0.6 is 0 Å². The fraction of sp³-hybridized carbons (Fsp3) is 0.333. The lowest BCUT2D eigenvalue weighted by Crippen LogP contribution is -2.24. The van der Waals surface area contributed by atoms with Crippen LogP contribution in [0.5, 0.6) is 0 Å². The molecule has 0 heterocycles. The van der Waals surface area contributed by atoms with Crippen LogP contribution in [0.3, 0.4) is 0 Å². The Morgan fingerprint density at radius 1 is 1.12 bits per heavy atom. The minimum absolute atomic E-state index is 0.217. The second-order valence-electron chi connectivity index (χ2n) is 5.39. The molecule has 2 aliphatic rings. The minimum Gasteiger partial charge on any atom is -0.399 e. The lowest BCUT2D eigenvalue weighted by molar-refractivity contribution is 0.394. The Morgan fingerprint density at radius 2 is 1.88 bits per heavy atom. The van der Waals surface area contributed by atoms with Gasteiger partial charge in [0, 0.05) is 11.6 Å². The molecule has 0 bridgehead atoms. The van der Waals surface area contributed by atoms with Gasteiger partial charge in [0.1, 0.15) is 0 Å². The van der Waals surface area contributed by atoms with E-state index < -0.39 is 0 Å². The molecule has 0 saturated carbocycles. The molecule has 82 valence electrons. The number of hydrogen-bond acceptors (Lipinski definition) is 1. The summed E-state index contributed by atoms with van der Waals surface area (Å²) >= 11 is 0. The summed E-state index contributed by atoms with van der Waals surface area (Å²) in [5, 5.41) is 0. The van der Waals surface area contributed by atoms with Crippen molar-refractivity contribution in [3.05, 3.63) is 53.6 Å². The van der Waals surface area contributed by atoms with E-state index in [4.69, 9.17) is 5.73 Å². The van der Waals surface area contributed by atoms with Gasteiger partial charge in [-0.3, -0.25) is 0 Å². The smallest absolute Gasteiger partial charge is 0.0317 e. The summed E-state index contributed by atoms with van der Waals surface area (Å²) < 4.78 is 0. The van der Waals surface area contributed by atoms with E-state index in [0.29, 0.717) is 11.8 Å². The van der Waals surface area contributed by atoms with Crippen molar-refractivity contribution in [1.29, 1.82) is 0 Å². The minimum atomic E-state index is 0.217. The highest BCUT2D eigenvalue weighted by Crippen LogP contribution is 2.52. The fourth-order valence-corrected chi connectivity index (χ4v) is 3.22. The number of benzene rings is 1. The van der Waals surface area contributed by atoms with Gasteiger partial charge in [-0.25, -0.2) is 0 Å². The molecule has 1 heteroatoms. The Bertz CT molecular complexity index is 494. The van der Waals surface area contributed by atoms with Gasteiger partial charge in [0.15, 0.2) is 0 Å². The molecular weight excluding hydrogens is 194 g/mol. The predicted molar refractivity (Wildman–Crippen MR) is 68.4 cm³/mol. The van der Waals surface area contributed by atoms with Crippen molar-refractivity contribution >= 4 is 5.69 Å². The van der Waals surface area contributed by atoms with Crippen molar-refractivity contribution in [3.8, 4) is 0 Å². The Labute approximate surface area is 96.7 Å². The summed E-state index contributed by atoms with van der Waals surface area (Å²) in [6, 6.07) is 6.36. The van der Waals surface area contributed by atoms with Crippen molar-refractivity contribution in [2.24, 2.45) is 5.92 Å². The molecule has 2 N–H and O–H groups in total. The largest absolute Gasteiger partial charge is 0.399 e. The molecule has 0 fully saturated rings. The van der Waals surface area contributed by atoms with Gasteiger partial charge < -0.3 is 5.73 Å². The monoisotopic (exact) mass is 211 g/mol. The molecule has 16 heavy (non-hydrogen) atoms. The van der Waals surface area contributed by atoms with E-state index in [2.05, 4.69) is 50.3 Å². The number of nitrogen functional groups attached to an aromatic ring is 1. The Hall–Kier alpha value is -1.50. The van der Waals surface area contributed by atoms with Gasteiger partial charge in [0.05, 0.1) is 0 Å². The first-order chi connectivity index (χ1) is 7.60. The van der Waals surface area contributed by atoms with E-state index in [0.717, 1.165) is 5.69 Å². The molecule has 1 nitrogen and oxygen atoms in total. The van der Waals surface area contributed by atoms with Gasteiger partial charge in [0.2, 0.25) is 0 Å². The highest BCUT2D eigenvalue weighted by atomic mass is 14.6. The van der Waals surface area contributed by atoms with Gasteiger partial charge in [-0.1, -0.05) is 44.2 Å². The summed E-state index contributed by atoms with van der Waals surface area (Å²) in [5.74, 6) is 1.09. The lowest BCUT2D eigenvalue weighted by atomic mass is 9.74. The van der Waals surface area contributed by atoms with Crippen LogP contribution in [0.4, 0.5) is 5.69 Å². The Morgan fingerprint density at radius 3 is 2.69 bits per heavy atom. The first kappa shape index (κ1) is 9.71. The Kier molecular flexibility index (Phi) is 1.82. The first-order valence-corrected chi connectivity index (χ1v) is 5.85. The van der Waals surface area contributed by atoms with Gasteiger partial charge in [0.25, 0.3) is 0 Å². The zero-order valence-electron chi connectivity index (χ0n) is 9.77. The van der Waals surface area contributed by atoms with Crippen LogP contribution in [0, 0.1) is 5.92 Å². The molecule has 0 amide bonds. The molecule has 1 aromatic carbocycles. The molecule has 2 aliphatic carbocycles. The van der Waals surface area contributed by atoms with Crippen LogP contribution in [0.1, 0.15) is 30.9 Å². The number of fused-ring (bicyclic) bond motifs is 3. The van der Waals surface area contributed by atoms with E-state index >= 15 is 0 Å². The normalized spacial score (nSPS) is 28.9. The number of nitrogens with two attached hydrogens (primary N) is 1. The second kappa shape index (κ2) is 3.00. The predicted octanol–water partition coefficient (Wildman–Crippen LogP) is 3.39. The average Bonchev–Trinajstić information content (AvgIpc) is 2.49. The number of allylic oxidation sites excluding steroid dienone is 4. The Balaban J connectivity index is 2.23. The fourth-order valence-electron chi connectivity index (χ4n) is 3.22. The molecule has 0 aliphatic heterocycles. The van der Waals surface area contributed by atoms with Gasteiger partial charge in [-0.2, -0.15) is 0 Å². The molecular formula is C15H17N. The zero-order chi connectivity index (χ0) is 11.3. The third-order valence-electron chi connectivity index (χ3n) is 4.10. The summed E-state index contributed by atoms with van der Waals surface area (Å²) in [4.78, 5) is 0. The van der Waals surface area contributed by atoms with E-state index in [-0.39, 0.29) is 5.41 Å². The van der Waals surface area contributed by atoms with Crippen LogP contribution in [0.2, 0.25) is 0 Å². The topological polar surface area (TPSA) is 26.0 Å². The SMILES string of the molecule is CC1(C)c2ccc(N)cc2C2C=CC=CC21. The van der Waals surface area contributed by atoms with Gasteiger partial charge in [-0.15, -0.1) is 0 Å². The van der Waals surface area contributed by atoms with E-state index in [9.17, 15) is 0 Å². The molecule has 3 rings (SSSR count). The third-order valence-corrected chi connectivity index (χ3v) is 4.10. The quantitative estimate of drug-likeness (QED) is 0.654. The van der Waals surface area contributed by atoms with E-state index in [1.54, 1.807) is 0 Å². The van der Waals surface area contributed by atoms with Crippen molar-refractivity contribution in [2.75, 3.05) is 5.73 Å². The van der Waals surface area contributed by atoms with Crippen molar-refractivity contribution in [3.63, 3.8) is 0 Å². The molecule has 0 spiro atoms. The van der Waals surface area contributed by atoms with Crippen LogP contribution in [0.25, 0.3) is 0 Å². The third kappa shape index (κ3) is 1.12. The van der Waals surface area contributed by atoms with Crippen molar-refractivity contribution < 1.29 is 0 Å². The van der Waals surface area contributed by atoms with Crippen LogP contribution in [-0.2, 0) is 5.41 Å². The number of hydrogen-bond donors (Lipinski definition) is 1. The maximum Gasteiger partial charge on any atom is 0.0317 e. The summed E-state index contributed by atoms with van der Waals surface area (Å²) in [6.45, 7) is 4.66. The maximum absolute atomic E-state index is 5.90. The van der Waals surface area contributed by atoms with Crippen LogP contribution in [0.15, 0.2) is 42.5 Å². The highest BCUT2D eigenvalue weighted by molar-refractivity contribution is 5.55. The van der Waals surface area contributed by atoms with Crippen LogP contribution < -0.4 is 5.73 Å². The molecule has 2 atom stereocenters. The first-order valence-electron chi connectivity index (χ1n) is 5.85. The van der Waals surface area contributed by atoms with Crippen molar-refractivity contribution in [2.45, 2.75) is 25.2 Å². The molecule has 0 saturated heterocycles. The zero-order valence-corrected chi connectivity index (χ0v) is 9.77. The van der Waals surface area contributed by atoms with Crippen LogP contribution in [-0.4, -0.2) is 0 Å². The van der Waals surface area contributed by atoms with E-state index in [1.165, 1.54) is 11.1 Å². The van der Waals surface area contributed by atoms with Gasteiger partial charge in [-0.05, 0) is 34.6 Å². The second-order valence-corrected chi connectivity index (χ2v) is 5.39. The molecule has 2 unspecified atom stereocenters.